The smallest absolute Gasteiger partial charge is 0.429 e. The summed E-state index contributed by atoms with van der Waals surface area (Å²) in [6.45, 7) is 7.27. The van der Waals surface area contributed by atoms with Gasteiger partial charge in [0.25, 0.3) is 0 Å². The van der Waals surface area contributed by atoms with Gasteiger partial charge in [-0.2, -0.15) is 0 Å². The maximum absolute atomic E-state index is 10.5. The van der Waals surface area contributed by atoms with Crippen molar-refractivity contribution in [3.8, 4) is 0 Å². The van der Waals surface area contributed by atoms with Gasteiger partial charge in [-0.1, -0.05) is 18.7 Å². The molecule has 0 unspecified atom stereocenters. The summed E-state index contributed by atoms with van der Waals surface area (Å²) in [7, 11) is 0. The van der Waals surface area contributed by atoms with Crippen LogP contribution in [-0.4, -0.2) is 19.2 Å². The van der Waals surface area contributed by atoms with E-state index in [1.54, 1.807) is 0 Å². The van der Waals surface area contributed by atoms with Crippen LogP contribution in [0.25, 0.3) is 0 Å². The molecule has 0 rings (SSSR count). The third-order valence-electron chi connectivity index (χ3n) is 0.674. The number of amides is 1. The summed E-state index contributed by atoms with van der Waals surface area (Å²) < 4.78 is 4.52. The summed E-state index contributed by atoms with van der Waals surface area (Å²) in [5.74, 6) is 0. The highest BCUT2D eigenvalue weighted by Crippen LogP contribution is 1.78. The van der Waals surface area contributed by atoms with E-state index in [9.17, 15) is 4.79 Å². The minimum atomic E-state index is -0.570. The van der Waals surface area contributed by atoms with E-state index in [4.69, 9.17) is 0 Å². The molecule has 0 aliphatic rings. The van der Waals surface area contributed by atoms with Crippen molar-refractivity contribution in [1.29, 1.82) is 0 Å². The van der Waals surface area contributed by atoms with Gasteiger partial charge in [-0.3, -0.25) is 0 Å². The van der Waals surface area contributed by atoms with Crippen LogP contribution in [0.4, 0.5) is 4.79 Å². The van der Waals surface area contributed by atoms with Gasteiger partial charge in [-0.25, -0.2) is 10.1 Å². The SMILES string of the molecule is C=CC[N]C(=O)OCC=C. The van der Waals surface area contributed by atoms with Gasteiger partial charge in [0.15, 0.2) is 0 Å². The zero-order chi connectivity index (χ0) is 7.82. The van der Waals surface area contributed by atoms with Crippen molar-refractivity contribution in [2.24, 2.45) is 0 Å². The van der Waals surface area contributed by atoms with E-state index in [1.807, 2.05) is 0 Å². The lowest BCUT2D eigenvalue weighted by Crippen LogP contribution is -2.16. The maximum atomic E-state index is 10.5. The lowest BCUT2D eigenvalue weighted by Gasteiger charge is -1.97. The Morgan fingerprint density at radius 2 is 2.20 bits per heavy atom. The zero-order valence-corrected chi connectivity index (χ0v) is 5.75. The van der Waals surface area contributed by atoms with Crippen molar-refractivity contribution in [2.45, 2.75) is 0 Å². The molecule has 3 nitrogen and oxygen atoms in total. The summed E-state index contributed by atoms with van der Waals surface area (Å²) in [4.78, 5) is 10.5. The van der Waals surface area contributed by atoms with Crippen LogP contribution in [0.3, 0.4) is 0 Å². The zero-order valence-electron chi connectivity index (χ0n) is 5.75. The molecule has 0 atom stereocenters. The first-order valence-corrected chi connectivity index (χ1v) is 2.87. The number of hydrogen-bond acceptors (Lipinski definition) is 2. The maximum Gasteiger partial charge on any atom is 0.429 e. The van der Waals surface area contributed by atoms with Crippen LogP contribution >= 0.6 is 0 Å². The molecular weight excluding hydrogens is 130 g/mol. The summed E-state index contributed by atoms with van der Waals surface area (Å²) in [5.41, 5.74) is 0. The molecule has 0 aromatic carbocycles. The highest BCUT2D eigenvalue weighted by atomic mass is 16.5. The number of carbonyl (C=O) groups is 1. The summed E-state index contributed by atoms with van der Waals surface area (Å²) in [6.07, 6.45) is 2.44. The first-order valence-electron chi connectivity index (χ1n) is 2.87. The summed E-state index contributed by atoms with van der Waals surface area (Å²) >= 11 is 0. The Hall–Kier alpha value is -1.25. The lowest BCUT2D eigenvalue weighted by molar-refractivity contribution is 0.158. The van der Waals surface area contributed by atoms with Gasteiger partial charge in [-0.15, -0.1) is 6.58 Å². The molecule has 0 heterocycles. The molecule has 0 bridgehead atoms. The van der Waals surface area contributed by atoms with Crippen LogP contribution in [0.5, 0.6) is 0 Å². The Balaban J connectivity index is 3.24. The predicted octanol–water partition coefficient (Wildman–Crippen LogP) is 1.10. The Morgan fingerprint density at radius 1 is 1.50 bits per heavy atom. The molecular formula is C7H10NO2. The van der Waals surface area contributed by atoms with Gasteiger partial charge in [0.1, 0.15) is 6.61 Å². The van der Waals surface area contributed by atoms with Crippen LogP contribution in [0, 0.1) is 0 Å². The average Bonchev–Trinajstić information content (AvgIpc) is 1.97. The Labute approximate surface area is 60.4 Å². The van der Waals surface area contributed by atoms with Crippen molar-refractivity contribution >= 4 is 6.09 Å². The molecule has 0 saturated carbocycles. The molecule has 10 heavy (non-hydrogen) atoms. The molecule has 0 N–H and O–H groups in total. The molecule has 0 saturated heterocycles. The van der Waals surface area contributed by atoms with E-state index in [-0.39, 0.29) is 6.61 Å². The van der Waals surface area contributed by atoms with Crippen LogP contribution < -0.4 is 5.32 Å². The topological polar surface area (TPSA) is 40.4 Å². The van der Waals surface area contributed by atoms with Gasteiger partial charge >= 0.3 is 6.09 Å². The van der Waals surface area contributed by atoms with Crippen molar-refractivity contribution < 1.29 is 9.53 Å². The Morgan fingerprint density at radius 3 is 2.70 bits per heavy atom. The molecule has 1 amide bonds. The monoisotopic (exact) mass is 140 g/mol. The Kier molecular flexibility index (Phi) is 5.14. The molecule has 0 aliphatic heterocycles. The molecule has 0 aromatic heterocycles. The third kappa shape index (κ3) is 4.90. The first kappa shape index (κ1) is 8.75. The molecule has 3 heteroatoms. The molecule has 0 fully saturated rings. The second-order valence-corrected chi connectivity index (χ2v) is 1.49. The summed E-state index contributed by atoms with van der Waals surface area (Å²) in [6, 6.07) is 0. The van der Waals surface area contributed by atoms with Crippen molar-refractivity contribution in [2.75, 3.05) is 13.2 Å². The van der Waals surface area contributed by atoms with E-state index in [1.165, 1.54) is 12.2 Å². The molecule has 1 radical (unpaired) electrons. The highest BCUT2D eigenvalue weighted by molar-refractivity contribution is 5.66. The lowest BCUT2D eigenvalue weighted by atomic mass is 10.6. The van der Waals surface area contributed by atoms with E-state index < -0.39 is 6.09 Å². The van der Waals surface area contributed by atoms with Gasteiger partial charge < -0.3 is 4.74 Å². The van der Waals surface area contributed by atoms with Gasteiger partial charge in [0.05, 0.1) is 6.54 Å². The quantitative estimate of drug-likeness (QED) is 0.548. The van der Waals surface area contributed by atoms with Crippen LogP contribution in [-0.2, 0) is 4.74 Å². The van der Waals surface area contributed by atoms with Gasteiger partial charge in [0, 0.05) is 0 Å². The highest BCUT2D eigenvalue weighted by Gasteiger charge is 1.97. The van der Waals surface area contributed by atoms with Crippen LogP contribution in [0.1, 0.15) is 0 Å². The third-order valence-corrected chi connectivity index (χ3v) is 0.674. The number of rotatable bonds is 4. The molecule has 0 aromatic rings. The van der Waals surface area contributed by atoms with Crippen LogP contribution in [0.15, 0.2) is 25.3 Å². The number of ether oxygens (including phenoxy) is 1. The van der Waals surface area contributed by atoms with E-state index in [0.29, 0.717) is 6.54 Å². The predicted molar refractivity (Wildman–Crippen MR) is 38.7 cm³/mol. The van der Waals surface area contributed by atoms with Gasteiger partial charge in [0.2, 0.25) is 0 Å². The Bertz CT molecular complexity index is 118. The minimum absolute atomic E-state index is 0.208. The number of nitrogens with zero attached hydrogens (tertiary/aromatic N) is 1. The summed E-state index contributed by atoms with van der Waals surface area (Å²) in [5, 5.41) is 3.45. The number of hydrogen-bond donors (Lipinski definition) is 0. The van der Waals surface area contributed by atoms with Crippen molar-refractivity contribution in [3.05, 3.63) is 25.3 Å². The molecule has 0 aliphatic carbocycles. The van der Waals surface area contributed by atoms with Crippen molar-refractivity contribution in [1.82, 2.24) is 5.32 Å². The van der Waals surface area contributed by atoms with Crippen LogP contribution in [0.2, 0.25) is 0 Å². The second-order valence-electron chi connectivity index (χ2n) is 1.49. The van der Waals surface area contributed by atoms with E-state index >= 15 is 0 Å². The largest absolute Gasteiger partial charge is 0.444 e. The fraction of sp³-hybridized carbons (Fsp3) is 0.286. The molecule has 55 valence electrons. The average molecular weight is 140 g/mol. The first-order chi connectivity index (χ1) is 4.81. The minimum Gasteiger partial charge on any atom is -0.444 e. The van der Waals surface area contributed by atoms with E-state index in [2.05, 4.69) is 23.2 Å². The van der Waals surface area contributed by atoms with E-state index in [0.717, 1.165) is 0 Å². The number of carbonyl (C=O) groups excluding carboxylic acids is 1. The molecule has 0 spiro atoms. The second kappa shape index (κ2) is 5.88. The van der Waals surface area contributed by atoms with Gasteiger partial charge in [-0.05, 0) is 0 Å². The fourth-order valence-corrected chi connectivity index (χ4v) is 0.315. The fourth-order valence-electron chi connectivity index (χ4n) is 0.315. The standard InChI is InChI=1S/C7H10NO2/c1-3-5-8-7(9)10-6-4-2/h3-4H,1-2,5-6H2. The normalized spacial score (nSPS) is 8.00. The van der Waals surface area contributed by atoms with Crippen molar-refractivity contribution in [3.63, 3.8) is 0 Å².